The summed E-state index contributed by atoms with van der Waals surface area (Å²) in [6.45, 7) is 0. The van der Waals surface area contributed by atoms with Crippen LogP contribution in [0.1, 0.15) is 24.2 Å². The van der Waals surface area contributed by atoms with Gasteiger partial charge in [-0.3, -0.25) is 4.79 Å². The first-order valence-electron chi connectivity index (χ1n) is 7.06. The molecule has 0 saturated carbocycles. The van der Waals surface area contributed by atoms with Gasteiger partial charge in [0.05, 0.1) is 0 Å². The van der Waals surface area contributed by atoms with E-state index in [4.69, 9.17) is 0 Å². The van der Waals surface area contributed by atoms with Gasteiger partial charge < -0.3 is 4.98 Å². The summed E-state index contributed by atoms with van der Waals surface area (Å²) in [6, 6.07) is 10.4. The molecule has 0 bridgehead atoms. The van der Waals surface area contributed by atoms with Gasteiger partial charge in [-0.15, -0.1) is 0 Å². The second-order valence-corrected chi connectivity index (χ2v) is 4.97. The van der Waals surface area contributed by atoms with Crippen molar-refractivity contribution in [3.63, 3.8) is 0 Å². The minimum absolute atomic E-state index is 0.168. The first kappa shape index (κ1) is 13.4. The number of aromatic nitrogens is 4. The summed E-state index contributed by atoms with van der Waals surface area (Å²) in [7, 11) is 0. The van der Waals surface area contributed by atoms with Gasteiger partial charge in [-0.25, -0.2) is 15.0 Å². The van der Waals surface area contributed by atoms with Gasteiger partial charge in [0.2, 0.25) is 0 Å². The van der Waals surface area contributed by atoms with Gasteiger partial charge >= 0.3 is 0 Å². The van der Waals surface area contributed by atoms with E-state index in [1.165, 1.54) is 18.1 Å². The molecule has 1 N–H and O–H groups in total. The van der Waals surface area contributed by atoms with Crippen molar-refractivity contribution in [1.82, 2.24) is 19.9 Å². The molecule has 106 valence electrons. The summed E-state index contributed by atoms with van der Waals surface area (Å²) >= 11 is 0. The number of unbranched alkanes of at least 4 members (excludes halogenated alkanes) is 1. The Morgan fingerprint density at radius 1 is 1.05 bits per heavy atom. The van der Waals surface area contributed by atoms with Gasteiger partial charge in [0, 0.05) is 12.6 Å². The van der Waals surface area contributed by atoms with Crippen LogP contribution < -0.4 is 5.56 Å². The van der Waals surface area contributed by atoms with E-state index >= 15 is 0 Å². The fourth-order valence-corrected chi connectivity index (χ4v) is 2.31. The normalized spacial score (nSPS) is 10.9. The standard InChI is InChI=1S/C16H16N4O/c21-16-13-10-17-11-18-15(13)19-14(20-16)9-5-4-8-12-6-2-1-3-7-12/h1-3,6-7,10-11H,4-5,8-9H2,(H,17,18,19,20,21). The third-order valence-electron chi connectivity index (χ3n) is 3.41. The number of aromatic amines is 1. The van der Waals surface area contributed by atoms with E-state index in [0.717, 1.165) is 25.7 Å². The molecule has 0 saturated heterocycles. The smallest absolute Gasteiger partial charge is 0.261 e. The molecule has 0 fully saturated rings. The molecule has 0 aliphatic carbocycles. The van der Waals surface area contributed by atoms with Crippen LogP contribution in [0, 0.1) is 0 Å². The van der Waals surface area contributed by atoms with Crippen LogP contribution in [0.5, 0.6) is 0 Å². The van der Waals surface area contributed by atoms with Gasteiger partial charge in [0.15, 0.2) is 5.65 Å². The summed E-state index contributed by atoms with van der Waals surface area (Å²) in [5.41, 5.74) is 1.63. The van der Waals surface area contributed by atoms with E-state index in [2.05, 4.69) is 44.2 Å². The zero-order valence-electron chi connectivity index (χ0n) is 11.6. The summed E-state index contributed by atoms with van der Waals surface area (Å²) < 4.78 is 0. The molecule has 2 heterocycles. The third-order valence-corrected chi connectivity index (χ3v) is 3.41. The number of fused-ring (bicyclic) bond motifs is 1. The van der Waals surface area contributed by atoms with Crippen LogP contribution in [-0.4, -0.2) is 19.9 Å². The minimum Gasteiger partial charge on any atom is -0.310 e. The number of hydrogen-bond acceptors (Lipinski definition) is 4. The maximum absolute atomic E-state index is 11.9. The highest BCUT2D eigenvalue weighted by molar-refractivity contribution is 5.71. The second-order valence-electron chi connectivity index (χ2n) is 4.97. The second kappa shape index (κ2) is 6.26. The summed E-state index contributed by atoms with van der Waals surface area (Å²) in [5, 5.41) is 0.436. The molecule has 3 rings (SSSR count). The average Bonchev–Trinajstić information content (AvgIpc) is 2.53. The lowest BCUT2D eigenvalue weighted by Gasteiger charge is -2.03. The minimum atomic E-state index is -0.168. The van der Waals surface area contributed by atoms with Crippen LogP contribution in [-0.2, 0) is 12.8 Å². The van der Waals surface area contributed by atoms with Crippen LogP contribution in [0.3, 0.4) is 0 Å². The van der Waals surface area contributed by atoms with Gasteiger partial charge in [0.1, 0.15) is 17.5 Å². The zero-order valence-corrected chi connectivity index (χ0v) is 11.6. The molecule has 2 aromatic heterocycles. The molecular formula is C16H16N4O. The van der Waals surface area contributed by atoms with Crippen molar-refractivity contribution in [3.8, 4) is 0 Å². The quantitative estimate of drug-likeness (QED) is 0.728. The largest absolute Gasteiger partial charge is 0.310 e. The molecule has 0 amide bonds. The Bertz CT molecular complexity index is 783. The molecule has 0 atom stereocenters. The fraction of sp³-hybridized carbons (Fsp3) is 0.250. The van der Waals surface area contributed by atoms with Crippen LogP contribution in [0.4, 0.5) is 0 Å². The average molecular weight is 280 g/mol. The van der Waals surface area contributed by atoms with Gasteiger partial charge in [0.25, 0.3) is 5.56 Å². The lowest BCUT2D eigenvalue weighted by atomic mass is 10.1. The van der Waals surface area contributed by atoms with Gasteiger partial charge in [-0.05, 0) is 24.8 Å². The van der Waals surface area contributed by atoms with Crippen molar-refractivity contribution >= 4 is 11.0 Å². The summed E-state index contributed by atoms with van der Waals surface area (Å²) in [6.07, 6.45) is 6.74. The highest BCUT2D eigenvalue weighted by Crippen LogP contribution is 2.07. The summed E-state index contributed by atoms with van der Waals surface area (Å²) in [5.74, 6) is 0.694. The summed E-state index contributed by atoms with van der Waals surface area (Å²) in [4.78, 5) is 26.9. The Kier molecular flexibility index (Phi) is 4.00. The van der Waals surface area contributed by atoms with E-state index in [1.54, 1.807) is 0 Å². The van der Waals surface area contributed by atoms with E-state index in [1.807, 2.05) is 6.07 Å². The Morgan fingerprint density at radius 2 is 1.86 bits per heavy atom. The van der Waals surface area contributed by atoms with Crippen LogP contribution in [0.25, 0.3) is 11.0 Å². The number of hydrogen-bond donors (Lipinski definition) is 1. The van der Waals surface area contributed by atoms with Crippen LogP contribution in [0.2, 0.25) is 0 Å². The molecule has 0 unspecified atom stereocenters. The number of H-pyrrole nitrogens is 1. The number of nitrogens with zero attached hydrogens (tertiary/aromatic N) is 3. The molecule has 5 nitrogen and oxygen atoms in total. The lowest BCUT2D eigenvalue weighted by Crippen LogP contribution is -2.13. The predicted octanol–water partition coefficient (Wildman–Crippen LogP) is 2.28. The first-order chi connectivity index (χ1) is 10.3. The maximum Gasteiger partial charge on any atom is 0.261 e. The topological polar surface area (TPSA) is 71.5 Å². The molecule has 0 spiro atoms. The highest BCUT2D eigenvalue weighted by Gasteiger charge is 2.04. The molecule has 21 heavy (non-hydrogen) atoms. The van der Waals surface area contributed by atoms with Crippen LogP contribution in [0.15, 0.2) is 47.7 Å². The number of benzene rings is 1. The van der Waals surface area contributed by atoms with Gasteiger partial charge in [-0.2, -0.15) is 0 Å². The molecule has 1 aromatic carbocycles. The Hall–Kier alpha value is -2.56. The monoisotopic (exact) mass is 280 g/mol. The van der Waals surface area contributed by atoms with Crippen molar-refractivity contribution in [2.75, 3.05) is 0 Å². The SMILES string of the molecule is O=c1[nH]c(CCCCc2ccccc2)nc2ncncc12. The van der Waals surface area contributed by atoms with E-state index in [9.17, 15) is 4.79 Å². The van der Waals surface area contributed by atoms with Gasteiger partial charge in [-0.1, -0.05) is 30.3 Å². The highest BCUT2D eigenvalue weighted by atomic mass is 16.1. The molecule has 0 radical (unpaired) electrons. The van der Waals surface area contributed by atoms with Crippen molar-refractivity contribution in [3.05, 3.63) is 64.6 Å². The van der Waals surface area contributed by atoms with Crippen molar-refractivity contribution < 1.29 is 0 Å². The van der Waals surface area contributed by atoms with E-state index in [0.29, 0.717) is 16.9 Å². The zero-order chi connectivity index (χ0) is 14.5. The number of nitrogens with one attached hydrogen (secondary N) is 1. The first-order valence-corrected chi connectivity index (χ1v) is 7.06. The molecule has 0 aliphatic rings. The van der Waals surface area contributed by atoms with Crippen molar-refractivity contribution in [2.45, 2.75) is 25.7 Å². The third kappa shape index (κ3) is 3.31. The maximum atomic E-state index is 11.9. The fourth-order valence-electron chi connectivity index (χ4n) is 2.31. The van der Waals surface area contributed by atoms with Crippen LogP contribution >= 0.6 is 0 Å². The number of rotatable bonds is 5. The van der Waals surface area contributed by atoms with Crippen molar-refractivity contribution in [1.29, 1.82) is 0 Å². The van der Waals surface area contributed by atoms with Crippen molar-refractivity contribution in [2.24, 2.45) is 0 Å². The Labute approximate surface area is 122 Å². The molecular weight excluding hydrogens is 264 g/mol. The molecule has 3 aromatic rings. The van der Waals surface area contributed by atoms with E-state index in [-0.39, 0.29) is 5.56 Å². The number of aryl methyl sites for hydroxylation is 2. The van der Waals surface area contributed by atoms with E-state index < -0.39 is 0 Å². The Morgan fingerprint density at radius 3 is 2.71 bits per heavy atom. The Balaban J connectivity index is 1.62. The lowest BCUT2D eigenvalue weighted by molar-refractivity contribution is 0.707. The molecule has 0 aliphatic heterocycles. The predicted molar refractivity (Wildman–Crippen MR) is 81.0 cm³/mol. The molecule has 5 heteroatoms.